The Morgan fingerprint density at radius 1 is 1.38 bits per heavy atom. The number of nitrogens with zero attached hydrogens (tertiary/aromatic N) is 2. The first-order valence-corrected chi connectivity index (χ1v) is 9.23. The van der Waals surface area contributed by atoms with Crippen LogP contribution in [0.4, 0.5) is 0 Å². The fourth-order valence-corrected chi connectivity index (χ4v) is 3.30. The highest BCUT2D eigenvalue weighted by Crippen LogP contribution is 2.21. The predicted molar refractivity (Wildman–Crippen MR) is 93.4 cm³/mol. The largest absolute Gasteiger partial charge is 0.456 e. The van der Waals surface area contributed by atoms with Crippen LogP contribution >= 0.6 is 15.9 Å². The average Bonchev–Trinajstić information content (AvgIpc) is 2.78. The van der Waals surface area contributed by atoms with Crippen LogP contribution in [0.25, 0.3) is 11.2 Å². The number of hydrogen-bond donors (Lipinski definition) is 1. The average molecular weight is 396 g/mol. The first-order valence-electron chi connectivity index (χ1n) is 8.44. The van der Waals surface area contributed by atoms with Crippen LogP contribution in [0.1, 0.15) is 51.3 Å². The molecule has 0 amide bonds. The highest BCUT2D eigenvalue weighted by Gasteiger charge is 2.22. The number of imidazole rings is 1. The lowest BCUT2D eigenvalue weighted by Crippen LogP contribution is -2.28. The Hall–Kier alpha value is -1.47. The molecule has 2 aromatic heterocycles. The molecule has 0 radical (unpaired) electrons. The van der Waals surface area contributed by atoms with Gasteiger partial charge in [0.15, 0.2) is 11.8 Å². The van der Waals surface area contributed by atoms with Crippen LogP contribution in [0.15, 0.2) is 16.7 Å². The van der Waals surface area contributed by atoms with E-state index in [2.05, 4.69) is 30.9 Å². The standard InChI is InChI=1S/C17H22BrN3O3/c1-11(24-13-6-4-2-3-5-7-13)17(22)23-10-15-20-14-8-12(18)9-19-16(14)21-15/h8-9,11,13H,2-7,10H2,1H3,(H,19,20,21)/t11-/m0/s1. The van der Waals surface area contributed by atoms with E-state index in [-0.39, 0.29) is 18.7 Å². The maximum absolute atomic E-state index is 12.1. The normalized spacial score (nSPS) is 17.6. The van der Waals surface area contributed by atoms with Crippen molar-refractivity contribution < 1.29 is 14.3 Å². The summed E-state index contributed by atoms with van der Waals surface area (Å²) in [4.78, 5) is 23.7. The summed E-state index contributed by atoms with van der Waals surface area (Å²) in [5.41, 5.74) is 1.41. The van der Waals surface area contributed by atoms with Crippen molar-refractivity contribution in [2.75, 3.05) is 0 Å². The van der Waals surface area contributed by atoms with Crippen molar-refractivity contribution in [3.8, 4) is 0 Å². The Morgan fingerprint density at radius 2 is 2.12 bits per heavy atom. The highest BCUT2D eigenvalue weighted by molar-refractivity contribution is 9.10. The lowest BCUT2D eigenvalue weighted by atomic mass is 10.1. The lowest BCUT2D eigenvalue weighted by molar-refractivity contribution is -0.161. The van der Waals surface area contributed by atoms with E-state index < -0.39 is 6.10 Å². The molecule has 1 aliphatic carbocycles. The van der Waals surface area contributed by atoms with Gasteiger partial charge in [-0.3, -0.25) is 0 Å². The first kappa shape index (κ1) is 17.4. The smallest absolute Gasteiger partial charge is 0.335 e. The van der Waals surface area contributed by atoms with E-state index in [1.54, 1.807) is 13.1 Å². The molecular formula is C17H22BrN3O3. The predicted octanol–water partition coefficient (Wildman–Crippen LogP) is 3.89. The summed E-state index contributed by atoms with van der Waals surface area (Å²) in [6, 6.07) is 1.89. The number of aromatic nitrogens is 3. The number of fused-ring (bicyclic) bond motifs is 1. The molecule has 7 heteroatoms. The number of halogens is 1. The zero-order valence-corrected chi connectivity index (χ0v) is 15.3. The van der Waals surface area contributed by atoms with Crippen LogP contribution < -0.4 is 0 Å². The highest BCUT2D eigenvalue weighted by atomic mass is 79.9. The molecule has 1 atom stereocenters. The zero-order valence-electron chi connectivity index (χ0n) is 13.8. The summed E-state index contributed by atoms with van der Waals surface area (Å²) >= 11 is 3.36. The minimum absolute atomic E-state index is 0.0885. The van der Waals surface area contributed by atoms with Crippen molar-refractivity contribution in [3.05, 3.63) is 22.6 Å². The minimum atomic E-state index is -0.551. The van der Waals surface area contributed by atoms with Gasteiger partial charge in [0.2, 0.25) is 0 Å². The van der Waals surface area contributed by atoms with Crippen LogP contribution in [0.5, 0.6) is 0 Å². The molecule has 1 N–H and O–H groups in total. The van der Waals surface area contributed by atoms with Gasteiger partial charge in [-0.15, -0.1) is 0 Å². The Kier molecular flexibility index (Phi) is 5.84. The topological polar surface area (TPSA) is 77.1 Å². The van der Waals surface area contributed by atoms with Gasteiger partial charge in [0, 0.05) is 10.7 Å². The third-order valence-corrected chi connectivity index (χ3v) is 4.67. The number of pyridine rings is 1. The van der Waals surface area contributed by atoms with Crippen molar-refractivity contribution in [2.24, 2.45) is 0 Å². The molecule has 130 valence electrons. The molecule has 0 unspecified atom stereocenters. The number of H-pyrrole nitrogens is 1. The van der Waals surface area contributed by atoms with Gasteiger partial charge in [0.25, 0.3) is 0 Å². The summed E-state index contributed by atoms with van der Waals surface area (Å²) in [5.74, 6) is 0.222. The van der Waals surface area contributed by atoms with E-state index in [4.69, 9.17) is 9.47 Å². The molecule has 0 aliphatic heterocycles. The maximum Gasteiger partial charge on any atom is 0.335 e. The van der Waals surface area contributed by atoms with Crippen molar-refractivity contribution in [2.45, 2.75) is 64.3 Å². The second-order valence-corrected chi connectivity index (χ2v) is 7.12. The van der Waals surface area contributed by atoms with E-state index in [0.29, 0.717) is 11.5 Å². The number of carbonyl (C=O) groups excluding carboxylic acids is 1. The van der Waals surface area contributed by atoms with E-state index in [1.807, 2.05) is 6.07 Å². The number of hydrogen-bond acceptors (Lipinski definition) is 5. The molecule has 2 aromatic rings. The molecule has 3 rings (SSSR count). The van der Waals surface area contributed by atoms with Crippen LogP contribution in [-0.2, 0) is 20.9 Å². The Labute approximate surface area is 149 Å². The summed E-state index contributed by atoms with van der Waals surface area (Å²) in [6.07, 6.45) is 8.23. The molecule has 2 heterocycles. The monoisotopic (exact) mass is 395 g/mol. The van der Waals surface area contributed by atoms with Gasteiger partial charge in [-0.2, -0.15) is 0 Å². The third kappa shape index (κ3) is 4.54. The third-order valence-electron chi connectivity index (χ3n) is 4.23. The molecule has 24 heavy (non-hydrogen) atoms. The number of nitrogens with one attached hydrogen (secondary N) is 1. The van der Waals surface area contributed by atoms with E-state index in [9.17, 15) is 4.79 Å². The van der Waals surface area contributed by atoms with E-state index >= 15 is 0 Å². The number of aromatic amines is 1. The molecule has 1 aliphatic rings. The van der Waals surface area contributed by atoms with Gasteiger partial charge < -0.3 is 14.5 Å². The number of carbonyl (C=O) groups is 1. The number of esters is 1. The zero-order chi connectivity index (χ0) is 16.9. The van der Waals surface area contributed by atoms with Crippen molar-refractivity contribution in [3.63, 3.8) is 0 Å². The Bertz CT molecular complexity index is 695. The molecule has 0 spiro atoms. The summed E-state index contributed by atoms with van der Waals surface area (Å²) < 4.78 is 12.1. The second-order valence-electron chi connectivity index (χ2n) is 6.21. The quantitative estimate of drug-likeness (QED) is 0.613. The van der Waals surface area contributed by atoms with Gasteiger partial charge in [-0.1, -0.05) is 25.7 Å². The maximum atomic E-state index is 12.1. The molecule has 1 fully saturated rings. The Morgan fingerprint density at radius 3 is 2.88 bits per heavy atom. The SMILES string of the molecule is C[C@H](OC1CCCCCC1)C(=O)OCc1nc2ncc(Br)cc2[nH]1. The van der Waals surface area contributed by atoms with Gasteiger partial charge in [-0.25, -0.2) is 14.8 Å². The van der Waals surface area contributed by atoms with Gasteiger partial charge in [0.1, 0.15) is 12.4 Å². The lowest BCUT2D eigenvalue weighted by Gasteiger charge is -2.19. The molecule has 6 nitrogen and oxygen atoms in total. The van der Waals surface area contributed by atoms with Crippen molar-refractivity contribution in [1.29, 1.82) is 0 Å². The fourth-order valence-electron chi connectivity index (χ4n) is 2.97. The fraction of sp³-hybridized carbons (Fsp3) is 0.588. The van der Waals surface area contributed by atoms with E-state index in [0.717, 1.165) is 22.8 Å². The molecule has 1 saturated carbocycles. The van der Waals surface area contributed by atoms with Crippen LogP contribution in [-0.4, -0.2) is 33.1 Å². The van der Waals surface area contributed by atoms with Gasteiger partial charge in [0.05, 0.1) is 11.6 Å². The summed E-state index contributed by atoms with van der Waals surface area (Å²) in [6.45, 7) is 1.84. The van der Waals surface area contributed by atoms with Crippen molar-refractivity contribution in [1.82, 2.24) is 15.0 Å². The van der Waals surface area contributed by atoms with Crippen LogP contribution in [0.2, 0.25) is 0 Å². The van der Waals surface area contributed by atoms with Crippen LogP contribution in [0.3, 0.4) is 0 Å². The summed E-state index contributed by atoms with van der Waals surface area (Å²) in [5, 5.41) is 0. The van der Waals surface area contributed by atoms with E-state index in [1.165, 1.54) is 25.7 Å². The van der Waals surface area contributed by atoms with Gasteiger partial charge >= 0.3 is 5.97 Å². The van der Waals surface area contributed by atoms with Gasteiger partial charge in [-0.05, 0) is 41.8 Å². The Balaban J connectivity index is 1.51. The van der Waals surface area contributed by atoms with Crippen molar-refractivity contribution >= 4 is 33.1 Å². The second kappa shape index (κ2) is 8.07. The number of rotatable bonds is 5. The minimum Gasteiger partial charge on any atom is -0.456 e. The first-order chi connectivity index (χ1) is 11.6. The molecule has 0 bridgehead atoms. The molecular weight excluding hydrogens is 374 g/mol. The molecule has 0 saturated heterocycles. The number of ether oxygens (including phenoxy) is 2. The molecule has 0 aromatic carbocycles. The summed E-state index contributed by atoms with van der Waals surface area (Å²) in [7, 11) is 0. The van der Waals surface area contributed by atoms with Crippen LogP contribution in [0, 0.1) is 0 Å².